The van der Waals surface area contributed by atoms with Crippen molar-refractivity contribution in [3.63, 3.8) is 0 Å². The molecule has 18 heavy (non-hydrogen) atoms. The maximum atomic E-state index is 10.5. The Labute approximate surface area is 110 Å². The third-order valence-electron chi connectivity index (χ3n) is 2.76. The normalized spacial score (nSPS) is 10.6. The summed E-state index contributed by atoms with van der Waals surface area (Å²) in [6.45, 7) is 4.14. The lowest BCUT2D eigenvalue weighted by Gasteiger charge is -2.03. The summed E-state index contributed by atoms with van der Waals surface area (Å²) in [6, 6.07) is 6.33. The Morgan fingerprint density at radius 1 is 1.39 bits per heavy atom. The number of rotatable bonds is 4. The molecule has 0 aliphatic carbocycles. The minimum Gasteiger partial charge on any atom is -0.481 e. The van der Waals surface area contributed by atoms with Crippen LogP contribution in [0.2, 0.25) is 0 Å². The molecule has 1 aromatic heterocycles. The number of hydrogen-bond acceptors (Lipinski definition) is 3. The molecule has 1 heterocycles. The Bertz CT molecular complexity index is 575. The van der Waals surface area contributed by atoms with E-state index in [1.165, 1.54) is 16.7 Å². The third kappa shape index (κ3) is 2.96. The minimum absolute atomic E-state index is 0.139. The van der Waals surface area contributed by atoms with Crippen LogP contribution < -0.4 is 0 Å². The molecule has 0 fully saturated rings. The van der Waals surface area contributed by atoms with E-state index in [0.717, 1.165) is 9.88 Å². The summed E-state index contributed by atoms with van der Waals surface area (Å²) in [7, 11) is 0. The molecule has 4 heteroatoms. The maximum absolute atomic E-state index is 10.5. The van der Waals surface area contributed by atoms with Gasteiger partial charge in [0, 0.05) is 12.6 Å². The van der Waals surface area contributed by atoms with Crippen molar-refractivity contribution in [1.29, 1.82) is 0 Å². The predicted molar refractivity (Wildman–Crippen MR) is 73.0 cm³/mol. The summed E-state index contributed by atoms with van der Waals surface area (Å²) >= 11 is 1.58. The number of aliphatic carboxylic acids is 1. The fourth-order valence-corrected chi connectivity index (χ4v) is 2.76. The van der Waals surface area contributed by atoms with Crippen molar-refractivity contribution in [3.8, 4) is 10.4 Å². The molecule has 2 rings (SSSR count). The van der Waals surface area contributed by atoms with Gasteiger partial charge in [-0.05, 0) is 25.0 Å². The first-order chi connectivity index (χ1) is 8.56. The van der Waals surface area contributed by atoms with Crippen LogP contribution in [0.25, 0.3) is 10.4 Å². The SMILES string of the molecule is Cc1ccc(C)c(-c2cnc(CCC(=O)O)s2)c1. The zero-order valence-corrected chi connectivity index (χ0v) is 11.3. The Morgan fingerprint density at radius 3 is 2.89 bits per heavy atom. The van der Waals surface area contributed by atoms with Crippen LogP contribution in [0, 0.1) is 13.8 Å². The topological polar surface area (TPSA) is 50.2 Å². The lowest BCUT2D eigenvalue weighted by atomic mass is 10.1. The highest BCUT2D eigenvalue weighted by Crippen LogP contribution is 2.30. The molecule has 0 atom stereocenters. The van der Waals surface area contributed by atoms with Crippen LogP contribution in [0.4, 0.5) is 0 Å². The summed E-state index contributed by atoms with van der Waals surface area (Å²) in [4.78, 5) is 15.9. The number of carboxylic acids is 1. The van der Waals surface area contributed by atoms with Gasteiger partial charge in [-0.15, -0.1) is 11.3 Å². The second kappa shape index (κ2) is 5.31. The fraction of sp³-hybridized carbons (Fsp3) is 0.286. The number of benzene rings is 1. The van der Waals surface area contributed by atoms with Gasteiger partial charge in [0.1, 0.15) is 0 Å². The van der Waals surface area contributed by atoms with Crippen LogP contribution in [-0.2, 0) is 11.2 Å². The van der Waals surface area contributed by atoms with Gasteiger partial charge in [0.15, 0.2) is 0 Å². The van der Waals surface area contributed by atoms with E-state index in [-0.39, 0.29) is 6.42 Å². The quantitative estimate of drug-likeness (QED) is 0.917. The number of thiazole rings is 1. The zero-order chi connectivity index (χ0) is 13.1. The van der Waals surface area contributed by atoms with Crippen molar-refractivity contribution in [3.05, 3.63) is 40.5 Å². The Kier molecular flexibility index (Phi) is 3.77. The van der Waals surface area contributed by atoms with Crippen LogP contribution in [0.1, 0.15) is 22.6 Å². The average molecular weight is 261 g/mol. The number of aryl methyl sites for hydroxylation is 3. The van der Waals surface area contributed by atoms with Crippen molar-refractivity contribution in [2.75, 3.05) is 0 Å². The molecule has 0 unspecified atom stereocenters. The number of carbonyl (C=O) groups is 1. The van der Waals surface area contributed by atoms with Crippen LogP contribution in [0.15, 0.2) is 24.4 Å². The molecule has 0 spiro atoms. The molecule has 0 amide bonds. The van der Waals surface area contributed by atoms with E-state index in [4.69, 9.17) is 5.11 Å². The third-order valence-corrected chi connectivity index (χ3v) is 3.86. The minimum atomic E-state index is -0.779. The molecule has 2 aromatic rings. The smallest absolute Gasteiger partial charge is 0.303 e. The average Bonchev–Trinajstić information content (AvgIpc) is 2.78. The Morgan fingerprint density at radius 2 is 2.17 bits per heavy atom. The van der Waals surface area contributed by atoms with Crippen molar-refractivity contribution >= 4 is 17.3 Å². The molecule has 0 aliphatic heterocycles. The van der Waals surface area contributed by atoms with Gasteiger partial charge in [0.25, 0.3) is 0 Å². The van der Waals surface area contributed by atoms with Crippen molar-refractivity contribution < 1.29 is 9.90 Å². The van der Waals surface area contributed by atoms with E-state index >= 15 is 0 Å². The second-order valence-electron chi connectivity index (χ2n) is 4.33. The first-order valence-corrected chi connectivity index (χ1v) is 6.62. The molecule has 1 aromatic carbocycles. The number of nitrogens with zero attached hydrogens (tertiary/aromatic N) is 1. The highest BCUT2D eigenvalue weighted by molar-refractivity contribution is 7.15. The number of hydrogen-bond donors (Lipinski definition) is 1. The molecule has 0 saturated heterocycles. The van der Waals surface area contributed by atoms with Crippen LogP contribution in [0.3, 0.4) is 0 Å². The van der Waals surface area contributed by atoms with Gasteiger partial charge in [-0.3, -0.25) is 4.79 Å². The van der Waals surface area contributed by atoms with Crippen molar-refractivity contribution in [2.24, 2.45) is 0 Å². The summed E-state index contributed by atoms with van der Waals surface area (Å²) in [6.07, 6.45) is 2.48. The van der Waals surface area contributed by atoms with Crippen LogP contribution in [-0.4, -0.2) is 16.1 Å². The van der Waals surface area contributed by atoms with Gasteiger partial charge < -0.3 is 5.11 Å². The molecule has 0 saturated carbocycles. The standard InChI is InChI=1S/C14H15NO2S/c1-9-3-4-10(2)11(7-9)12-8-15-13(18-12)5-6-14(16)17/h3-4,7-8H,5-6H2,1-2H3,(H,16,17). The number of carboxylic acid groups (broad SMARTS) is 1. The highest BCUT2D eigenvalue weighted by Gasteiger charge is 2.08. The van der Waals surface area contributed by atoms with E-state index in [9.17, 15) is 4.79 Å². The molecule has 3 nitrogen and oxygen atoms in total. The molecular weight excluding hydrogens is 246 g/mol. The van der Waals surface area contributed by atoms with Crippen molar-refractivity contribution in [2.45, 2.75) is 26.7 Å². The largest absolute Gasteiger partial charge is 0.481 e. The van der Waals surface area contributed by atoms with Gasteiger partial charge in [-0.2, -0.15) is 0 Å². The van der Waals surface area contributed by atoms with E-state index in [0.29, 0.717) is 6.42 Å². The van der Waals surface area contributed by atoms with E-state index in [1.807, 2.05) is 6.20 Å². The van der Waals surface area contributed by atoms with Gasteiger partial charge in [-0.25, -0.2) is 4.98 Å². The maximum Gasteiger partial charge on any atom is 0.303 e. The molecule has 1 N–H and O–H groups in total. The summed E-state index contributed by atoms with van der Waals surface area (Å²) in [5, 5.41) is 9.54. The second-order valence-corrected chi connectivity index (χ2v) is 5.45. The summed E-state index contributed by atoms with van der Waals surface area (Å²) in [5.74, 6) is -0.779. The van der Waals surface area contributed by atoms with E-state index < -0.39 is 5.97 Å². The molecule has 0 bridgehead atoms. The highest BCUT2D eigenvalue weighted by atomic mass is 32.1. The summed E-state index contributed by atoms with van der Waals surface area (Å²) < 4.78 is 0. The Hall–Kier alpha value is -1.68. The van der Waals surface area contributed by atoms with Crippen molar-refractivity contribution in [1.82, 2.24) is 4.98 Å². The monoisotopic (exact) mass is 261 g/mol. The molecule has 94 valence electrons. The number of aromatic nitrogens is 1. The molecule has 0 aliphatic rings. The van der Waals surface area contributed by atoms with Crippen LogP contribution in [0.5, 0.6) is 0 Å². The lowest BCUT2D eigenvalue weighted by molar-refractivity contribution is -0.136. The summed E-state index contributed by atoms with van der Waals surface area (Å²) in [5.41, 5.74) is 3.62. The first kappa shape index (κ1) is 12.8. The Balaban J connectivity index is 2.23. The van der Waals surface area contributed by atoms with Gasteiger partial charge in [0.2, 0.25) is 0 Å². The molecule has 0 radical (unpaired) electrons. The van der Waals surface area contributed by atoms with Gasteiger partial charge in [0.05, 0.1) is 16.3 Å². The molecular formula is C14H15NO2S. The lowest BCUT2D eigenvalue weighted by Crippen LogP contribution is -1.96. The van der Waals surface area contributed by atoms with Gasteiger partial charge in [-0.1, -0.05) is 23.8 Å². The van der Waals surface area contributed by atoms with E-state index in [2.05, 4.69) is 37.0 Å². The van der Waals surface area contributed by atoms with E-state index in [1.54, 1.807) is 11.3 Å². The zero-order valence-electron chi connectivity index (χ0n) is 10.4. The predicted octanol–water partition coefficient (Wildman–Crippen LogP) is 3.44. The first-order valence-electron chi connectivity index (χ1n) is 5.80. The van der Waals surface area contributed by atoms with Gasteiger partial charge >= 0.3 is 5.97 Å². The fourth-order valence-electron chi connectivity index (χ4n) is 1.77. The van der Waals surface area contributed by atoms with Crippen LogP contribution >= 0.6 is 11.3 Å².